The molecule has 0 aliphatic carbocycles. The molecule has 0 aliphatic heterocycles. The molecule has 0 unspecified atom stereocenters. The zero-order valence-electron chi connectivity index (χ0n) is 17.7. The summed E-state index contributed by atoms with van der Waals surface area (Å²) in [6.45, 7) is 5.38. The minimum atomic E-state index is -3.35. The Kier molecular flexibility index (Phi) is 6.17. The van der Waals surface area contributed by atoms with E-state index in [9.17, 15) is 17.6 Å². The number of nitrogens with one attached hydrogen (secondary N) is 1. The van der Waals surface area contributed by atoms with Crippen molar-refractivity contribution in [2.45, 2.75) is 37.8 Å². The number of rotatable bonds is 5. The Morgan fingerprint density at radius 2 is 1.90 bits per heavy atom. The van der Waals surface area contributed by atoms with E-state index in [2.05, 4.69) is 10.4 Å². The van der Waals surface area contributed by atoms with Crippen LogP contribution in [0.2, 0.25) is 0 Å². The second kappa shape index (κ2) is 8.50. The predicted octanol–water partition coefficient (Wildman–Crippen LogP) is 4.11. The molecule has 9 heteroatoms. The number of carbonyl (C=O) groups excluding carboxylic acids is 1. The van der Waals surface area contributed by atoms with Gasteiger partial charge in [0.1, 0.15) is 11.4 Å². The molecule has 3 rings (SSSR count). The van der Waals surface area contributed by atoms with E-state index in [1.807, 2.05) is 0 Å². The van der Waals surface area contributed by atoms with Crippen molar-refractivity contribution < 1.29 is 22.3 Å². The van der Waals surface area contributed by atoms with Gasteiger partial charge in [-0.3, -0.25) is 0 Å². The van der Waals surface area contributed by atoms with Gasteiger partial charge in [-0.15, -0.1) is 0 Å². The third-order valence-electron chi connectivity index (χ3n) is 4.22. The number of alkyl carbamates (subject to hydrolysis) is 1. The topological polar surface area (TPSA) is 90.3 Å². The number of sulfone groups is 1. The smallest absolute Gasteiger partial charge is 0.407 e. The average Bonchev–Trinajstić information content (AvgIpc) is 3.14. The number of hydrogen-bond acceptors (Lipinski definition) is 5. The number of nitrogens with zero attached hydrogens (tertiary/aromatic N) is 2. The Bertz CT molecular complexity index is 1210. The molecule has 0 bridgehead atoms. The molecule has 1 heterocycles. The summed E-state index contributed by atoms with van der Waals surface area (Å²) in [6, 6.07) is 10.8. The number of ether oxygens (including phenoxy) is 1. The standard InChI is InChI=1S/C22H24FN3O4S/c1-22(2,3)30-21(27)24-12-15-8-16(10-18(23)9-15)17-13-25-26(14-17)19-6-5-7-20(11-19)31(4,28)29/h5-11,13-14H,12H2,1-4H3,(H,24,27). The summed E-state index contributed by atoms with van der Waals surface area (Å²) in [4.78, 5) is 12.0. The van der Waals surface area contributed by atoms with E-state index in [0.29, 0.717) is 22.4 Å². The van der Waals surface area contributed by atoms with Crippen LogP contribution in [0, 0.1) is 5.82 Å². The third-order valence-corrected chi connectivity index (χ3v) is 5.33. The van der Waals surface area contributed by atoms with Crippen LogP contribution in [0.5, 0.6) is 0 Å². The number of benzene rings is 2. The SMILES string of the molecule is CC(C)(C)OC(=O)NCc1cc(F)cc(-c2cnn(-c3cccc(S(C)(=O)=O)c3)c2)c1. The van der Waals surface area contributed by atoms with Gasteiger partial charge in [-0.25, -0.2) is 22.3 Å². The highest BCUT2D eigenvalue weighted by molar-refractivity contribution is 7.90. The quantitative estimate of drug-likeness (QED) is 0.638. The molecular formula is C22H24FN3O4S. The molecule has 0 saturated heterocycles. The minimum absolute atomic E-state index is 0.101. The van der Waals surface area contributed by atoms with Crippen LogP contribution in [-0.4, -0.2) is 36.1 Å². The fourth-order valence-electron chi connectivity index (χ4n) is 2.88. The summed E-state index contributed by atoms with van der Waals surface area (Å²) in [6.07, 6.45) is 3.80. The van der Waals surface area contributed by atoms with Crippen LogP contribution < -0.4 is 5.32 Å². The molecule has 0 fully saturated rings. The van der Waals surface area contributed by atoms with E-state index in [4.69, 9.17) is 4.74 Å². The van der Waals surface area contributed by atoms with Crippen molar-refractivity contribution in [3.8, 4) is 16.8 Å². The summed E-state index contributed by atoms with van der Waals surface area (Å²) in [5.41, 5.74) is 1.72. The zero-order chi connectivity index (χ0) is 22.8. The van der Waals surface area contributed by atoms with E-state index in [1.165, 1.54) is 28.9 Å². The molecule has 1 N–H and O–H groups in total. The van der Waals surface area contributed by atoms with Crippen molar-refractivity contribution >= 4 is 15.9 Å². The molecule has 0 saturated carbocycles. The summed E-state index contributed by atoms with van der Waals surface area (Å²) in [7, 11) is -3.35. The Hall–Kier alpha value is -3.20. The fourth-order valence-corrected chi connectivity index (χ4v) is 3.54. The lowest BCUT2D eigenvalue weighted by molar-refractivity contribution is 0.0523. The van der Waals surface area contributed by atoms with E-state index in [0.717, 1.165) is 6.26 Å². The Labute approximate surface area is 180 Å². The van der Waals surface area contributed by atoms with Crippen LogP contribution in [0.1, 0.15) is 26.3 Å². The summed E-state index contributed by atoms with van der Waals surface area (Å²) in [5.74, 6) is -0.453. The van der Waals surface area contributed by atoms with Gasteiger partial charge in [0, 0.05) is 24.6 Å². The number of halogens is 1. The van der Waals surface area contributed by atoms with Crippen molar-refractivity contribution in [1.82, 2.24) is 15.1 Å². The molecule has 1 amide bonds. The van der Waals surface area contributed by atoms with Crippen molar-refractivity contribution in [1.29, 1.82) is 0 Å². The van der Waals surface area contributed by atoms with Crippen molar-refractivity contribution in [2.75, 3.05) is 6.26 Å². The largest absolute Gasteiger partial charge is 0.444 e. The maximum absolute atomic E-state index is 14.2. The summed E-state index contributed by atoms with van der Waals surface area (Å²) < 4.78 is 44.5. The number of amides is 1. The molecule has 0 aliphatic rings. The van der Waals surface area contributed by atoms with Gasteiger partial charge >= 0.3 is 6.09 Å². The molecule has 0 atom stereocenters. The molecule has 164 valence electrons. The van der Waals surface area contributed by atoms with E-state index >= 15 is 0 Å². The first-order valence-electron chi connectivity index (χ1n) is 9.52. The van der Waals surface area contributed by atoms with Crippen LogP contribution in [0.25, 0.3) is 16.8 Å². The van der Waals surface area contributed by atoms with Gasteiger partial charge in [0.05, 0.1) is 16.8 Å². The lowest BCUT2D eigenvalue weighted by Gasteiger charge is -2.19. The fraction of sp³-hybridized carbons (Fsp3) is 0.273. The van der Waals surface area contributed by atoms with Gasteiger partial charge < -0.3 is 10.1 Å². The normalized spacial score (nSPS) is 11.9. The van der Waals surface area contributed by atoms with E-state index in [1.54, 1.807) is 51.4 Å². The van der Waals surface area contributed by atoms with E-state index < -0.39 is 27.3 Å². The van der Waals surface area contributed by atoms with Crippen molar-refractivity contribution in [3.05, 3.63) is 66.2 Å². The number of aromatic nitrogens is 2. The summed E-state index contributed by atoms with van der Waals surface area (Å²) >= 11 is 0. The predicted molar refractivity (Wildman–Crippen MR) is 115 cm³/mol. The summed E-state index contributed by atoms with van der Waals surface area (Å²) in [5, 5.41) is 6.88. The molecule has 3 aromatic rings. The average molecular weight is 446 g/mol. The number of carbonyl (C=O) groups is 1. The maximum Gasteiger partial charge on any atom is 0.407 e. The lowest BCUT2D eigenvalue weighted by Crippen LogP contribution is -2.32. The Morgan fingerprint density at radius 3 is 2.58 bits per heavy atom. The van der Waals surface area contributed by atoms with Crippen LogP contribution in [0.4, 0.5) is 9.18 Å². The van der Waals surface area contributed by atoms with Gasteiger partial charge in [-0.2, -0.15) is 5.10 Å². The molecule has 0 radical (unpaired) electrons. The van der Waals surface area contributed by atoms with Gasteiger partial charge in [0.2, 0.25) is 0 Å². The van der Waals surface area contributed by atoms with Crippen LogP contribution >= 0.6 is 0 Å². The first kappa shape index (κ1) is 22.5. The highest BCUT2D eigenvalue weighted by atomic mass is 32.2. The van der Waals surface area contributed by atoms with Gasteiger partial charge in [0.15, 0.2) is 9.84 Å². The van der Waals surface area contributed by atoms with Crippen molar-refractivity contribution in [2.24, 2.45) is 0 Å². The Balaban J connectivity index is 1.82. The second-order valence-corrected chi connectivity index (χ2v) is 10.2. The molecule has 1 aromatic heterocycles. The monoisotopic (exact) mass is 445 g/mol. The molecule has 7 nitrogen and oxygen atoms in total. The Morgan fingerprint density at radius 1 is 1.16 bits per heavy atom. The maximum atomic E-state index is 14.2. The minimum Gasteiger partial charge on any atom is -0.444 e. The molecule has 2 aromatic carbocycles. The molecule has 0 spiro atoms. The highest BCUT2D eigenvalue weighted by Gasteiger charge is 2.16. The van der Waals surface area contributed by atoms with Crippen LogP contribution in [-0.2, 0) is 21.1 Å². The molecule has 31 heavy (non-hydrogen) atoms. The van der Waals surface area contributed by atoms with E-state index in [-0.39, 0.29) is 11.4 Å². The zero-order valence-corrected chi connectivity index (χ0v) is 18.5. The van der Waals surface area contributed by atoms with Gasteiger partial charge in [0.25, 0.3) is 0 Å². The van der Waals surface area contributed by atoms with Crippen LogP contribution in [0.3, 0.4) is 0 Å². The third kappa shape index (κ3) is 6.14. The first-order valence-corrected chi connectivity index (χ1v) is 11.4. The van der Waals surface area contributed by atoms with Crippen molar-refractivity contribution in [3.63, 3.8) is 0 Å². The first-order chi connectivity index (χ1) is 14.4. The van der Waals surface area contributed by atoms with Gasteiger partial charge in [-0.1, -0.05) is 6.07 Å². The molecular weight excluding hydrogens is 421 g/mol. The highest BCUT2D eigenvalue weighted by Crippen LogP contribution is 2.24. The second-order valence-electron chi connectivity index (χ2n) is 8.15. The van der Waals surface area contributed by atoms with Crippen LogP contribution in [0.15, 0.2) is 59.8 Å². The van der Waals surface area contributed by atoms with Gasteiger partial charge in [-0.05, 0) is 68.3 Å². The lowest BCUT2D eigenvalue weighted by atomic mass is 10.1. The number of hydrogen-bond donors (Lipinski definition) is 1.